The van der Waals surface area contributed by atoms with Gasteiger partial charge in [0.15, 0.2) is 6.61 Å². The molecule has 0 atom stereocenters. The molecule has 0 fully saturated rings. The van der Waals surface area contributed by atoms with E-state index in [2.05, 4.69) is 29.4 Å². The minimum absolute atomic E-state index is 0.0246. The molecule has 1 heterocycles. The first-order chi connectivity index (χ1) is 10.1. The van der Waals surface area contributed by atoms with Crippen molar-refractivity contribution in [2.75, 3.05) is 11.9 Å². The second-order valence-corrected chi connectivity index (χ2v) is 5.18. The van der Waals surface area contributed by atoms with Gasteiger partial charge in [-0.05, 0) is 30.0 Å². The lowest BCUT2D eigenvalue weighted by Gasteiger charge is -2.09. The molecule has 2 aromatic rings. The predicted octanol–water partition coefficient (Wildman–Crippen LogP) is 3.11. The van der Waals surface area contributed by atoms with Crippen LogP contribution in [0.5, 0.6) is 5.75 Å². The zero-order valence-corrected chi connectivity index (χ0v) is 12.6. The Bertz CT molecular complexity index is 588. The molecule has 0 unspecified atom stereocenters. The standard InChI is InChI=1S/C16H21N3O2/c1-4-12-9-17-19-16(12)18-15(20)10-21-14-7-5-13(6-8-14)11(2)3/h5-9,11H,4,10H2,1-3H3,(H2,17,18,19,20). The molecule has 0 aliphatic carbocycles. The van der Waals surface area contributed by atoms with E-state index in [4.69, 9.17) is 4.74 Å². The van der Waals surface area contributed by atoms with E-state index < -0.39 is 0 Å². The average molecular weight is 287 g/mol. The zero-order chi connectivity index (χ0) is 15.2. The molecule has 2 rings (SSSR count). The van der Waals surface area contributed by atoms with Crippen LogP contribution in [0.4, 0.5) is 5.82 Å². The van der Waals surface area contributed by atoms with Gasteiger partial charge in [-0.25, -0.2) is 0 Å². The highest BCUT2D eigenvalue weighted by atomic mass is 16.5. The maximum atomic E-state index is 11.8. The smallest absolute Gasteiger partial charge is 0.263 e. The summed E-state index contributed by atoms with van der Waals surface area (Å²) in [6.45, 7) is 6.26. The third-order valence-corrected chi connectivity index (χ3v) is 3.28. The van der Waals surface area contributed by atoms with Crippen molar-refractivity contribution in [3.8, 4) is 5.75 Å². The van der Waals surface area contributed by atoms with Crippen molar-refractivity contribution in [1.29, 1.82) is 0 Å². The van der Waals surface area contributed by atoms with Gasteiger partial charge in [0, 0.05) is 5.56 Å². The maximum absolute atomic E-state index is 11.8. The molecular weight excluding hydrogens is 266 g/mol. The molecule has 0 saturated heterocycles. The highest BCUT2D eigenvalue weighted by molar-refractivity contribution is 5.91. The van der Waals surface area contributed by atoms with Crippen LogP contribution in [0, 0.1) is 0 Å². The van der Waals surface area contributed by atoms with Crippen molar-refractivity contribution in [3.05, 3.63) is 41.6 Å². The van der Waals surface area contributed by atoms with Crippen molar-refractivity contribution in [2.24, 2.45) is 0 Å². The van der Waals surface area contributed by atoms with Gasteiger partial charge >= 0.3 is 0 Å². The number of nitrogens with zero attached hydrogens (tertiary/aromatic N) is 1. The summed E-state index contributed by atoms with van der Waals surface area (Å²) in [6.07, 6.45) is 2.52. The Hall–Kier alpha value is -2.30. The summed E-state index contributed by atoms with van der Waals surface area (Å²) in [4.78, 5) is 11.8. The summed E-state index contributed by atoms with van der Waals surface area (Å²) in [7, 11) is 0. The van der Waals surface area contributed by atoms with Gasteiger partial charge in [-0.3, -0.25) is 9.89 Å². The Labute approximate surface area is 124 Å². The second kappa shape index (κ2) is 6.92. The van der Waals surface area contributed by atoms with Gasteiger partial charge < -0.3 is 10.1 Å². The number of rotatable bonds is 6. The van der Waals surface area contributed by atoms with Gasteiger partial charge in [0.25, 0.3) is 5.91 Å². The molecule has 5 heteroatoms. The van der Waals surface area contributed by atoms with E-state index >= 15 is 0 Å². The van der Waals surface area contributed by atoms with E-state index in [1.807, 2.05) is 31.2 Å². The Morgan fingerprint density at radius 2 is 2.05 bits per heavy atom. The van der Waals surface area contributed by atoms with Gasteiger partial charge in [-0.2, -0.15) is 5.10 Å². The molecule has 0 radical (unpaired) electrons. The highest BCUT2D eigenvalue weighted by Crippen LogP contribution is 2.18. The van der Waals surface area contributed by atoms with Crippen LogP contribution >= 0.6 is 0 Å². The van der Waals surface area contributed by atoms with E-state index in [1.54, 1.807) is 6.20 Å². The van der Waals surface area contributed by atoms with Crippen LogP contribution < -0.4 is 10.1 Å². The number of carbonyl (C=O) groups is 1. The van der Waals surface area contributed by atoms with E-state index in [1.165, 1.54) is 5.56 Å². The summed E-state index contributed by atoms with van der Waals surface area (Å²) in [5.74, 6) is 1.60. The number of aromatic amines is 1. The molecular formula is C16H21N3O2. The normalized spacial score (nSPS) is 10.7. The molecule has 1 aromatic heterocycles. The van der Waals surface area contributed by atoms with Crippen molar-refractivity contribution in [2.45, 2.75) is 33.1 Å². The number of carbonyl (C=O) groups excluding carboxylic acids is 1. The quantitative estimate of drug-likeness (QED) is 0.857. The van der Waals surface area contributed by atoms with Gasteiger partial charge in [0.1, 0.15) is 11.6 Å². The molecule has 21 heavy (non-hydrogen) atoms. The monoisotopic (exact) mass is 287 g/mol. The minimum atomic E-state index is -0.207. The summed E-state index contributed by atoms with van der Waals surface area (Å²) < 4.78 is 5.48. The fraction of sp³-hybridized carbons (Fsp3) is 0.375. The number of aryl methyl sites for hydroxylation is 1. The summed E-state index contributed by atoms with van der Waals surface area (Å²) >= 11 is 0. The van der Waals surface area contributed by atoms with Crippen molar-refractivity contribution < 1.29 is 9.53 Å². The molecule has 2 N–H and O–H groups in total. The molecule has 1 aromatic carbocycles. The first-order valence-corrected chi connectivity index (χ1v) is 7.15. The first-order valence-electron chi connectivity index (χ1n) is 7.15. The Morgan fingerprint density at radius 1 is 1.33 bits per heavy atom. The number of H-pyrrole nitrogens is 1. The largest absolute Gasteiger partial charge is 0.484 e. The molecule has 0 aliphatic rings. The van der Waals surface area contributed by atoms with Gasteiger partial charge in [0.05, 0.1) is 6.20 Å². The zero-order valence-electron chi connectivity index (χ0n) is 12.6. The van der Waals surface area contributed by atoms with Crippen LogP contribution in [0.2, 0.25) is 0 Å². The second-order valence-electron chi connectivity index (χ2n) is 5.18. The van der Waals surface area contributed by atoms with Gasteiger partial charge in [-0.15, -0.1) is 0 Å². The molecule has 0 aliphatic heterocycles. The third kappa shape index (κ3) is 4.08. The van der Waals surface area contributed by atoms with Crippen molar-refractivity contribution in [3.63, 3.8) is 0 Å². The lowest BCUT2D eigenvalue weighted by Crippen LogP contribution is -2.21. The third-order valence-electron chi connectivity index (χ3n) is 3.28. The highest BCUT2D eigenvalue weighted by Gasteiger charge is 2.08. The fourth-order valence-electron chi connectivity index (χ4n) is 1.96. The van der Waals surface area contributed by atoms with E-state index in [9.17, 15) is 4.79 Å². The lowest BCUT2D eigenvalue weighted by atomic mass is 10.0. The van der Waals surface area contributed by atoms with Crippen LogP contribution in [0.25, 0.3) is 0 Å². The average Bonchev–Trinajstić information content (AvgIpc) is 2.92. The van der Waals surface area contributed by atoms with E-state index in [-0.39, 0.29) is 12.5 Å². The number of hydrogen-bond donors (Lipinski definition) is 2. The molecule has 0 bridgehead atoms. The molecule has 112 valence electrons. The molecule has 0 spiro atoms. The number of anilines is 1. The van der Waals surface area contributed by atoms with E-state index in [0.717, 1.165) is 12.0 Å². The Kier molecular flexibility index (Phi) is 4.98. The van der Waals surface area contributed by atoms with Crippen LogP contribution in [-0.4, -0.2) is 22.7 Å². The Balaban J connectivity index is 1.86. The molecule has 0 saturated carbocycles. The number of ether oxygens (including phenoxy) is 1. The van der Waals surface area contributed by atoms with Crippen molar-refractivity contribution >= 4 is 11.7 Å². The predicted molar refractivity (Wildman–Crippen MR) is 82.6 cm³/mol. The van der Waals surface area contributed by atoms with Crippen LogP contribution in [0.3, 0.4) is 0 Å². The van der Waals surface area contributed by atoms with Crippen LogP contribution in [0.15, 0.2) is 30.5 Å². The molecule has 5 nitrogen and oxygen atoms in total. The van der Waals surface area contributed by atoms with Crippen LogP contribution in [-0.2, 0) is 11.2 Å². The maximum Gasteiger partial charge on any atom is 0.263 e. The number of nitrogens with one attached hydrogen (secondary N) is 2. The Morgan fingerprint density at radius 3 is 2.67 bits per heavy atom. The number of benzene rings is 1. The van der Waals surface area contributed by atoms with Crippen molar-refractivity contribution in [1.82, 2.24) is 10.2 Å². The van der Waals surface area contributed by atoms with Gasteiger partial charge in [0.2, 0.25) is 0 Å². The van der Waals surface area contributed by atoms with Crippen LogP contribution in [0.1, 0.15) is 37.8 Å². The summed E-state index contributed by atoms with van der Waals surface area (Å²) in [5, 5.41) is 9.44. The van der Waals surface area contributed by atoms with E-state index in [0.29, 0.717) is 17.5 Å². The fourth-order valence-corrected chi connectivity index (χ4v) is 1.96. The number of aromatic nitrogens is 2. The summed E-state index contributed by atoms with van der Waals surface area (Å²) in [6, 6.07) is 7.80. The first kappa shape index (κ1) is 15.1. The lowest BCUT2D eigenvalue weighted by molar-refractivity contribution is -0.118. The number of hydrogen-bond acceptors (Lipinski definition) is 3. The molecule has 1 amide bonds. The summed E-state index contributed by atoms with van der Waals surface area (Å²) in [5.41, 5.74) is 2.22. The SMILES string of the molecule is CCc1cn[nH]c1NC(=O)COc1ccc(C(C)C)cc1. The topological polar surface area (TPSA) is 67.0 Å². The minimum Gasteiger partial charge on any atom is -0.484 e. The van der Waals surface area contributed by atoms with Gasteiger partial charge in [-0.1, -0.05) is 32.9 Å². The number of amides is 1.